The van der Waals surface area contributed by atoms with Crippen molar-refractivity contribution in [1.29, 1.82) is 0 Å². The van der Waals surface area contributed by atoms with Crippen LogP contribution in [0.1, 0.15) is 36.6 Å². The smallest absolute Gasteiger partial charge is 0.433 e. The van der Waals surface area contributed by atoms with Gasteiger partial charge in [-0.15, -0.1) is 5.10 Å². The largest absolute Gasteiger partial charge is 0.476 e. The topological polar surface area (TPSA) is 64.0 Å². The van der Waals surface area contributed by atoms with Crippen LogP contribution in [-0.4, -0.2) is 39.9 Å². The van der Waals surface area contributed by atoms with Gasteiger partial charge < -0.3 is 9.64 Å². The summed E-state index contributed by atoms with van der Waals surface area (Å²) in [6.07, 6.45) is -0.181. The highest BCUT2D eigenvalue weighted by Gasteiger charge is 2.34. The molecule has 2 aliphatic rings. The number of halogens is 3. The maximum Gasteiger partial charge on any atom is 0.433 e. The van der Waals surface area contributed by atoms with Crippen molar-refractivity contribution in [3.8, 4) is 5.88 Å². The summed E-state index contributed by atoms with van der Waals surface area (Å²) in [6, 6.07) is 4.64. The minimum Gasteiger partial charge on any atom is -0.476 e. The van der Waals surface area contributed by atoms with Gasteiger partial charge in [0.25, 0.3) is 0 Å². The Balaban J connectivity index is 1.32. The summed E-state index contributed by atoms with van der Waals surface area (Å²) in [4.78, 5) is 9.36. The van der Waals surface area contributed by atoms with Gasteiger partial charge in [0.1, 0.15) is 5.69 Å². The van der Waals surface area contributed by atoms with E-state index >= 15 is 0 Å². The first-order chi connectivity index (χ1) is 12.5. The predicted molar refractivity (Wildman–Crippen MR) is 86.9 cm³/mol. The van der Waals surface area contributed by atoms with E-state index in [1.165, 1.54) is 12.8 Å². The van der Waals surface area contributed by atoms with Gasteiger partial charge in [0.05, 0.1) is 12.3 Å². The van der Waals surface area contributed by atoms with Crippen molar-refractivity contribution in [2.45, 2.75) is 31.4 Å². The zero-order chi connectivity index (χ0) is 18.1. The maximum absolute atomic E-state index is 12.8. The molecule has 3 heterocycles. The van der Waals surface area contributed by atoms with Gasteiger partial charge in [-0.1, -0.05) is 0 Å². The van der Waals surface area contributed by atoms with Gasteiger partial charge >= 0.3 is 6.18 Å². The Morgan fingerprint density at radius 3 is 2.65 bits per heavy atom. The Labute approximate surface area is 148 Å². The van der Waals surface area contributed by atoms with E-state index in [2.05, 4.69) is 20.2 Å². The Hall–Kier alpha value is -2.45. The normalized spacial score (nSPS) is 20.4. The third-order valence-electron chi connectivity index (χ3n) is 4.63. The lowest BCUT2D eigenvalue weighted by atomic mass is 10.1. The monoisotopic (exact) mass is 365 g/mol. The lowest BCUT2D eigenvalue weighted by Gasteiger charge is -2.17. The number of hydrogen-bond donors (Lipinski definition) is 0. The highest BCUT2D eigenvalue weighted by molar-refractivity contribution is 5.32. The van der Waals surface area contributed by atoms with E-state index in [9.17, 15) is 13.2 Å². The molecule has 1 aliphatic heterocycles. The zero-order valence-electron chi connectivity index (χ0n) is 14.0. The molecular formula is C17H18F3N5O. The molecule has 1 aliphatic carbocycles. The van der Waals surface area contributed by atoms with Crippen molar-refractivity contribution in [3.05, 3.63) is 35.8 Å². The van der Waals surface area contributed by atoms with E-state index in [0.29, 0.717) is 31.5 Å². The van der Waals surface area contributed by atoms with Crippen molar-refractivity contribution in [3.63, 3.8) is 0 Å². The number of rotatable bonds is 5. The fourth-order valence-corrected chi connectivity index (χ4v) is 3.02. The third kappa shape index (κ3) is 3.86. The van der Waals surface area contributed by atoms with Crippen molar-refractivity contribution < 1.29 is 17.9 Å². The molecule has 1 unspecified atom stereocenters. The molecule has 1 saturated heterocycles. The van der Waals surface area contributed by atoms with Crippen molar-refractivity contribution >= 4 is 5.95 Å². The number of anilines is 1. The van der Waals surface area contributed by atoms with Crippen LogP contribution in [0.4, 0.5) is 19.1 Å². The van der Waals surface area contributed by atoms with Crippen molar-refractivity contribution in [2.24, 2.45) is 5.92 Å². The molecule has 0 amide bonds. The Morgan fingerprint density at radius 2 is 1.96 bits per heavy atom. The second-order valence-corrected chi connectivity index (χ2v) is 6.72. The first-order valence-corrected chi connectivity index (χ1v) is 8.60. The SMILES string of the molecule is FC(F)(F)c1ccnc(N2CCC(COc3ccc(C4CC4)nn3)C2)n1. The molecule has 0 N–H and O–H groups in total. The fraction of sp³-hybridized carbons (Fsp3) is 0.529. The quantitative estimate of drug-likeness (QED) is 0.811. The molecule has 2 aromatic rings. The van der Waals surface area contributed by atoms with Crippen molar-refractivity contribution in [2.75, 3.05) is 24.6 Å². The molecule has 26 heavy (non-hydrogen) atoms. The molecule has 0 bridgehead atoms. The molecule has 0 aromatic carbocycles. The summed E-state index contributed by atoms with van der Waals surface area (Å²) in [5, 5.41) is 8.25. The molecule has 2 aromatic heterocycles. The first kappa shape index (κ1) is 17.0. The number of aromatic nitrogens is 4. The molecule has 9 heteroatoms. The molecule has 6 nitrogen and oxygen atoms in total. The van der Waals surface area contributed by atoms with E-state index in [4.69, 9.17) is 4.74 Å². The molecule has 138 valence electrons. The van der Waals surface area contributed by atoms with E-state index in [-0.39, 0.29) is 11.9 Å². The van der Waals surface area contributed by atoms with Gasteiger partial charge in [0.15, 0.2) is 0 Å². The lowest BCUT2D eigenvalue weighted by Crippen LogP contribution is -2.25. The van der Waals surface area contributed by atoms with Gasteiger partial charge in [-0.05, 0) is 31.4 Å². The van der Waals surface area contributed by atoms with Crippen LogP contribution in [-0.2, 0) is 6.18 Å². The van der Waals surface area contributed by atoms with E-state index < -0.39 is 11.9 Å². The number of hydrogen-bond acceptors (Lipinski definition) is 6. The number of alkyl halides is 3. The fourth-order valence-electron chi connectivity index (χ4n) is 3.02. The highest BCUT2D eigenvalue weighted by atomic mass is 19.4. The van der Waals surface area contributed by atoms with Crippen LogP contribution in [0.5, 0.6) is 5.88 Å². The molecular weight excluding hydrogens is 347 g/mol. The van der Waals surface area contributed by atoms with Crippen LogP contribution in [0.15, 0.2) is 24.4 Å². The predicted octanol–water partition coefficient (Wildman–Crippen LogP) is 3.07. The minimum absolute atomic E-state index is 0.107. The van der Waals surface area contributed by atoms with Crippen LogP contribution in [0.25, 0.3) is 0 Å². The summed E-state index contributed by atoms with van der Waals surface area (Å²) in [7, 11) is 0. The Kier molecular flexibility index (Phi) is 4.37. The van der Waals surface area contributed by atoms with E-state index in [1.54, 1.807) is 4.90 Å². The Bertz CT molecular complexity index is 764. The average molecular weight is 365 g/mol. The zero-order valence-corrected chi connectivity index (χ0v) is 14.0. The summed E-state index contributed by atoms with van der Waals surface area (Å²) < 4.78 is 44.0. The molecule has 1 saturated carbocycles. The highest BCUT2D eigenvalue weighted by Crippen LogP contribution is 2.38. The van der Waals surface area contributed by atoms with Crippen LogP contribution < -0.4 is 9.64 Å². The average Bonchev–Trinajstić information content (AvgIpc) is 3.38. The standard InChI is InChI=1S/C17H18F3N5O/c18-17(19,20)14-5-7-21-16(22-14)25-8-6-11(9-25)10-26-15-4-3-13(23-24-15)12-1-2-12/h3-5,7,11-12H,1-2,6,8-10H2. The van der Waals surface area contributed by atoms with Crippen LogP contribution in [0.3, 0.4) is 0 Å². The van der Waals surface area contributed by atoms with Gasteiger partial charge in [-0.2, -0.15) is 18.3 Å². The van der Waals surface area contributed by atoms with Crippen molar-refractivity contribution in [1.82, 2.24) is 20.2 Å². The summed E-state index contributed by atoms with van der Waals surface area (Å²) in [5.74, 6) is 1.31. The van der Waals surface area contributed by atoms with Crippen LogP contribution in [0, 0.1) is 5.92 Å². The van der Waals surface area contributed by atoms with E-state index in [1.807, 2.05) is 12.1 Å². The molecule has 4 rings (SSSR count). The minimum atomic E-state index is -4.47. The number of nitrogens with zero attached hydrogens (tertiary/aromatic N) is 5. The molecule has 0 radical (unpaired) electrons. The third-order valence-corrected chi connectivity index (χ3v) is 4.63. The molecule has 2 fully saturated rings. The van der Waals surface area contributed by atoms with Gasteiger partial charge in [-0.3, -0.25) is 0 Å². The van der Waals surface area contributed by atoms with Gasteiger partial charge in [-0.25, -0.2) is 9.97 Å². The first-order valence-electron chi connectivity index (χ1n) is 8.60. The summed E-state index contributed by atoms with van der Waals surface area (Å²) in [6.45, 7) is 1.59. The summed E-state index contributed by atoms with van der Waals surface area (Å²) >= 11 is 0. The van der Waals surface area contributed by atoms with Gasteiger partial charge in [0.2, 0.25) is 11.8 Å². The molecule has 0 spiro atoms. The lowest BCUT2D eigenvalue weighted by molar-refractivity contribution is -0.141. The second-order valence-electron chi connectivity index (χ2n) is 6.72. The number of ether oxygens (including phenoxy) is 1. The van der Waals surface area contributed by atoms with Crippen LogP contribution >= 0.6 is 0 Å². The van der Waals surface area contributed by atoms with Gasteiger partial charge in [0, 0.05) is 37.2 Å². The summed E-state index contributed by atoms with van der Waals surface area (Å²) in [5.41, 5.74) is 0.0827. The van der Waals surface area contributed by atoms with Crippen LogP contribution in [0.2, 0.25) is 0 Å². The maximum atomic E-state index is 12.8. The Morgan fingerprint density at radius 1 is 1.12 bits per heavy atom. The van der Waals surface area contributed by atoms with E-state index in [0.717, 1.165) is 24.4 Å². The molecule has 1 atom stereocenters. The second kappa shape index (κ2) is 6.69.